The minimum atomic E-state index is -4.05. The van der Waals surface area contributed by atoms with Gasteiger partial charge < -0.3 is 5.11 Å². The van der Waals surface area contributed by atoms with E-state index in [2.05, 4.69) is 11.3 Å². The van der Waals surface area contributed by atoms with Crippen LogP contribution in [0.1, 0.15) is 17.3 Å². The average molecular weight is 308 g/mol. The number of halogens is 2. The van der Waals surface area contributed by atoms with Crippen molar-refractivity contribution < 1.29 is 22.7 Å². The van der Waals surface area contributed by atoms with E-state index in [1.807, 2.05) is 0 Å². The molecule has 0 aromatic heterocycles. The van der Waals surface area contributed by atoms with Gasteiger partial charge in [0.2, 0.25) is 10.0 Å². The maximum absolute atomic E-state index is 13.4. The van der Waals surface area contributed by atoms with E-state index < -0.39 is 43.3 Å². The Morgan fingerprint density at radius 3 is 2.63 bits per heavy atom. The number of hydrogen-bond acceptors (Lipinski definition) is 3. The molecule has 0 bridgehead atoms. The third-order valence-corrected chi connectivity index (χ3v) is 4.16. The summed E-state index contributed by atoms with van der Waals surface area (Å²) >= 11 is 5.46. The van der Waals surface area contributed by atoms with Crippen molar-refractivity contribution in [3.05, 3.63) is 41.2 Å². The summed E-state index contributed by atoms with van der Waals surface area (Å²) in [6.45, 7) is 4.92. The normalized spacial score (nSPS) is 13.0. The number of carboxylic acid groups (broad SMARTS) is 1. The first-order valence-corrected chi connectivity index (χ1v) is 6.92. The Kier molecular flexibility index (Phi) is 4.67. The Morgan fingerprint density at radius 1 is 1.58 bits per heavy atom. The first kappa shape index (κ1) is 15.6. The van der Waals surface area contributed by atoms with Gasteiger partial charge in [-0.25, -0.2) is 22.3 Å². The third-order valence-electron chi connectivity index (χ3n) is 2.24. The quantitative estimate of drug-likeness (QED) is 0.815. The third kappa shape index (κ3) is 3.52. The second-order valence-electron chi connectivity index (χ2n) is 3.72. The van der Waals surface area contributed by atoms with Crippen molar-refractivity contribution in [3.8, 4) is 0 Å². The van der Waals surface area contributed by atoms with Crippen LogP contribution in [-0.2, 0) is 10.0 Å². The summed E-state index contributed by atoms with van der Waals surface area (Å²) in [5.41, 5.74) is -0.617. The molecule has 2 N–H and O–H groups in total. The maximum atomic E-state index is 13.4. The van der Waals surface area contributed by atoms with Gasteiger partial charge in [-0.2, -0.15) is 0 Å². The Balaban J connectivity index is 3.36. The zero-order valence-corrected chi connectivity index (χ0v) is 11.4. The molecule has 1 atom stereocenters. The second-order valence-corrected chi connectivity index (χ2v) is 5.81. The van der Waals surface area contributed by atoms with Crippen LogP contribution < -0.4 is 4.72 Å². The summed E-state index contributed by atoms with van der Waals surface area (Å²) < 4.78 is 39.4. The molecule has 1 aromatic carbocycles. The van der Waals surface area contributed by atoms with Gasteiger partial charge in [-0.05, 0) is 19.1 Å². The molecule has 0 aliphatic rings. The lowest BCUT2D eigenvalue weighted by molar-refractivity contribution is 0.0696. The Hall–Kier alpha value is -1.44. The molecule has 0 aliphatic carbocycles. The Bertz CT molecular complexity index is 630. The van der Waals surface area contributed by atoms with Crippen LogP contribution in [0.3, 0.4) is 0 Å². The fourth-order valence-corrected chi connectivity index (χ4v) is 2.68. The number of rotatable bonds is 5. The van der Waals surface area contributed by atoms with Gasteiger partial charge in [0, 0.05) is 6.04 Å². The number of benzene rings is 1. The molecule has 19 heavy (non-hydrogen) atoms. The average Bonchev–Trinajstić information content (AvgIpc) is 2.31. The van der Waals surface area contributed by atoms with Crippen LogP contribution in [0.5, 0.6) is 0 Å². The van der Waals surface area contributed by atoms with E-state index in [0.29, 0.717) is 6.07 Å². The minimum absolute atomic E-state index is 0.513. The van der Waals surface area contributed by atoms with Gasteiger partial charge in [-0.15, -0.1) is 6.58 Å². The predicted molar refractivity (Wildman–Crippen MR) is 68.3 cm³/mol. The maximum Gasteiger partial charge on any atom is 0.337 e. The van der Waals surface area contributed by atoms with Gasteiger partial charge >= 0.3 is 5.97 Å². The molecular weight excluding hydrogens is 297 g/mol. The first-order valence-electron chi connectivity index (χ1n) is 5.06. The van der Waals surface area contributed by atoms with Crippen molar-refractivity contribution in [1.82, 2.24) is 4.72 Å². The van der Waals surface area contributed by atoms with Crippen molar-refractivity contribution in [1.29, 1.82) is 0 Å². The van der Waals surface area contributed by atoms with Crippen molar-refractivity contribution in [2.24, 2.45) is 0 Å². The molecule has 0 saturated carbocycles. The number of nitrogens with one attached hydrogen (secondary N) is 1. The highest BCUT2D eigenvalue weighted by molar-refractivity contribution is 7.89. The van der Waals surface area contributed by atoms with E-state index in [-0.39, 0.29) is 0 Å². The summed E-state index contributed by atoms with van der Waals surface area (Å²) in [4.78, 5) is 10.3. The van der Waals surface area contributed by atoms with E-state index in [1.54, 1.807) is 0 Å². The molecule has 1 aromatic rings. The molecule has 0 saturated heterocycles. The summed E-state index contributed by atoms with van der Waals surface area (Å²) in [7, 11) is -4.05. The van der Waals surface area contributed by atoms with Crippen LogP contribution in [0.4, 0.5) is 4.39 Å². The van der Waals surface area contributed by atoms with Gasteiger partial charge in [-0.3, -0.25) is 0 Å². The van der Waals surface area contributed by atoms with Crippen molar-refractivity contribution in [2.75, 3.05) is 0 Å². The molecule has 1 rings (SSSR count). The SMILES string of the molecule is C=CC(C)NS(=O)(=O)c1cc(F)c(Cl)c(C(=O)O)c1. The topological polar surface area (TPSA) is 83.5 Å². The molecule has 104 valence electrons. The summed E-state index contributed by atoms with van der Waals surface area (Å²) in [5.74, 6) is -2.63. The standard InChI is InChI=1S/C11H11ClFNO4S/c1-3-6(2)14-19(17,18)7-4-8(11(15)16)10(12)9(13)5-7/h3-6,14H,1H2,2H3,(H,15,16). The van der Waals surface area contributed by atoms with E-state index in [9.17, 15) is 17.6 Å². The summed E-state index contributed by atoms with van der Waals surface area (Å²) in [6, 6.07) is 0.871. The second kappa shape index (κ2) is 5.68. The fourth-order valence-electron chi connectivity index (χ4n) is 1.24. The van der Waals surface area contributed by atoms with Gasteiger partial charge in [0.1, 0.15) is 5.82 Å². The van der Waals surface area contributed by atoms with Crippen molar-refractivity contribution >= 4 is 27.6 Å². The van der Waals surface area contributed by atoms with Crippen LogP contribution in [0.25, 0.3) is 0 Å². The van der Waals surface area contributed by atoms with Gasteiger partial charge in [-0.1, -0.05) is 17.7 Å². The largest absolute Gasteiger partial charge is 0.478 e. The van der Waals surface area contributed by atoms with Crippen LogP contribution in [-0.4, -0.2) is 25.5 Å². The molecule has 0 amide bonds. The highest BCUT2D eigenvalue weighted by atomic mass is 35.5. The highest BCUT2D eigenvalue weighted by Gasteiger charge is 2.22. The fraction of sp³-hybridized carbons (Fsp3) is 0.182. The number of carbonyl (C=O) groups is 1. The van der Waals surface area contributed by atoms with E-state index in [1.165, 1.54) is 13.0 Å². The highest BCUT2D eigenvalue weighted by Crippen LogP contribution is 2.24. The molecule has 0 spiro atoms. The van der Waals surface area contributed by atoms with Gasteiger partial charge in [0.25, 0.3) is 0 Å². The number of sulfonamides is 1. The van der Waals surface area contributed by atoms with Crippen LogP contribution >= 0.6 is 11.6 Å². The van der Waals surface area contributed by atoms with Crippen molar-refractivity contribution in [2.45, 2.75) is 17.9 Å². The molecule has 8 heteroatoms. The smallest absolute Gasteiger partial charge is 0.337 e. The monoisotopic (exact) mass is 307 g/mol. The lowest BCUT2D eigenvalue weighted by Crippen LogP contribution is -2.31. The van der Waals surface area contributed by atoms with Crippen LogP contribution in [0, 0.1) is 5.82 Å². The zero-order valence-electron chi connectivity index (χ0n) is 9.85. The van der Waals surface area contributed by atoms with Crippen LogP contribution in [0.15, 0.2) is 29.7 Å². The number of carboxylic acids is 1. The summed E-state index contributed by atoms with van der Waals surface area (Å²) in [5, 5.41) is 8.19. The molecule has 5 nitrogen and oxygen atoms in total. The van der Waals surface area contributed by atoms with Gasteiger partial charge in [0.05, 0.1) is 15.5 Å². The zero-order chi connectivity index (χ0) is 14.8. The van der Waals surface area contributed by atoms with Crippen LogP contribution in [0.2, 0.25) is 5.02 Å². The van der Waals surface area contributed by atoms with E-state index >= 15 is 0 Å². The molecule has 0 radical (unpaired) electrons. The predicted octanol–water partition coefficient (Wildman–Crippen LogP) is 2.03. The molecule has 0 aliphatic heterocycles. The van der Waals surface area contributed by atoms with Crippen molar-refractivity contribution in [3.63, 3.8) is 0 Å². The summed E-state index contributed by atoms with van der Waals surface area (Å²) in [6.07, 6.45) is 1.34. The van der Waals surface area contributed by atoms with Gasteiger partial charge in [0.15, 0.2) is 0 Å². The Labute approximate surface area is 114 Å². The van der Waals surface area contributed by atoms with E-state index in [0.717, 1.165) is 6.07 Å². The Morgan fingerprint density at radius 2 is 2.16 bits per heavy atom. The molecular formula is C11H11ClFNO4S. The molecule has 0 fully saturated rings. The molecule has 0 heterocycles. The lowest BCUT2D eigenvalue weighted by atomic mass is 10.2. The minimum Gasteiger partial charge on any atom is -0.478 e. The number of aromatic carboxylic acids is 1. The molecule has 1 unspecified atom stereocenters. The van der Waals surface area contributed by atoms with E-state index in [4.69, 9.17) is 16.7 Å². The lowest BCUT2D eigenvalue weighted by Gasteiger charge is -2.11. The number of hydrogen-bond donors (Lipinski definition) is 2. The first-order chi connectivity index (χ1) is 8.69.